The molecule has 2 aromatic heterocycles. The summed E-state index contributed by atoms with van der Waals surface area (Å²) in [5, 5.41) is 3.49. The van der Waals surface area contributed by atoms with Gasteiger partial charge in [0.05, 0.1) is 22.8 Å². The topological polar surface area (TPSA) is 68.8 Å². The van der Waals surface area contributed by atoms with E-state index in [2.05, 4.69) is 64.3 Å². The van der Waals surface area contributed by atoms with Crippen molar-refractivity contribution in [1.82, 2.24) is 14.5 Å². The normalized spacial score (nSPS) is 14.4. The van der Waals surface area contributed by atoms with Crippen LogP contribution in [0, 0.1) is 6.92 Å². The molecule has 0 saturated heterocycles. The van der Waals surface area contributed by atoms with Crippen molar-refractivity contribution in [2.75, 3.05) is 5.32 Å². The van der Waals surface area contributed by atoms with E-state index >= 15 is 0 Å². The van der Waals surface area contributed by atoms with Crippen molar-refractivity contribution in [1.29, 1.82) is 0 Å². The van der Waals surface area contributed by atoms with Gasteiger partial charge in [0, 0.05) is 22.9 Å². The highest BCUT2D eigenvalue weighted by Gasteiger charge is 2.34. The molecule has 5 nitrogen and oxygen atoms in total. The average Bonchev–Trinajstić information content (AvgIpc) is 3.03. The molecule has 0 unspecified atom stereocenters. The van der Waals surface area contributed by atoms with Gasteiger partial charge in [0.2, 0.25) is 0 Å². The number of hydrogen-bond donors (Lipinski definition) is 2. The lowest BCUT2D eigenvalue weighted by atomic mass is 9.72. The first-order valence-electron chi connectivity index (χ1n) is 10.4. The summed E-state index contributed by atoms with van der Waals surface area (Å²) < 4.78 is 2.23. The van der Waals surface area contributed by atoms with E-state index in [1.807, 2.05) is 24.4 Å². The Morgan fingerprint density at radius 1 is 0.939 bits per heavy atom. The predicted molar refractivity (Wildman–Crippen MR) is 142 cm³/mol. The van der Waals surface area contributed by atoms with Crippen molar-refractivity contribution in [3.05, 3.63) is 78.1 Å². The molecule has 1 aliphatic heterocycles. The monoisotopic (exact) mass is 501 g/mol. The second-order valence-electron chi connectivity index (χ2n) is 8.33. The highest BCUT2D eigenvalue weighted by Crippen LogP contribution is 2.43. The quantitative estimate of drug-likeness (QED) is 0.286. The average molecular weight is 503 g/mol. The Morgan fingerprint density at radius 2 is 1.67 bits per heavy atom. The van der Waals surface area contributed by atoms with Gasteiger partial charge in [0.1, 0.15) is 5.82 Å². The minimum atomic E-state index is -0.152. The molecule has 6 rings (SSSR count). The molecule has 3 heterocycles. The molecule has 8 heteroatoms. The zero-order valence-corrected chi connectivity index (χ0v) is 20.6. The maximum absolute atomic E-state index is 6.54. The van der Waals surface area contributed by atoms with Gasteiger partial charge < -0.3 is 11.1 Å². The lowest BCUT2D eigenvalue weighted by Crippen LogP contribution is -2.43. The van der Waals surface area contributed by atoms with Crippen LogP contribution in [0.3, 0.4) is 0 Å². The van der Waals surface area contributed by atoms with Crippen LogP contribution in [0.4, 0.5) is 11.5 Å². The second kappa shape index (κ2) is 9.35. The number of anilines is 2. The van der Waals surface area contributed by atoms with Gasteiger partial charge >= 0.3 is 0 Å². The fraction of sp³-hybridized carbons (Fsp3) is 0.200. The number of aryl methyl sites for hydroxylation is 1. The maximum atomic E-state index is 6.54. The molecule has 172 valence electrons. The number of nitrogens with two attached hydrogens (primary N) is 1. The fourth-order valence-corrected chi connectivity index (χ4v) is 4.68. The Kier molecular flexibility index (Phi) is 7.10. The summed E-state index contributed by atoms with van der Waals surface area (Å²) in [5.74, 6) is 1.75. The van der Waals surface area contributed by atoms with E-state index in [0.29, 0.717) is 0 Å². The van der Waals surface area contributed by atoms with Gasteiger partial charge in [-0.2, -0.15) is 0 Å². The van der Waals surface area contributed by atoms with Crippen LogP contribution in [0.2, 0.25) is 0 Å². The first-order chi connectivity index (χ1) is 14.6. The van der Waals surface area contributed by atoms with Crippen molar-refractivity contribution >= 4 is 48.7 Å². The first kappa shape index (κ1) is 25.1. The highest BCUT2D eigenvalue weighted by atomic mass is 35.5. The summed E-state index contributed by atoms with van der Waals surface area (Å²) in [6.45, 7) is 2.08. The lowest BCUT2D eigenvalue weighted by Gasteiger charge is -2.38. The van der Waals surface area contributed by atoms with Crippen LogP contribution in [0.5, 0.6) is 0 Å². The number of rotatable bonds is 2. The number of halogens is 3. The number of para-hydroxylation sites is 1. The van der Waals surface area contributed by atoms with Crippen LogP contribution in [-0.4, -0.2) is 14.5 Å². The Hall–Kier alpha value is -2.57. The SMILES string of the molecule is Cc1nc2n(c1-c1ccc(C3(N)CCC3)cc1)-c1cccnc1Nc1ccccc1-2.Cl.Cl.Cl. The minimum absolute atomic E-state index is 0. The van der Waals surface area contributed by atoms with E-state index in [-0.39, 0.29) is 42.8 Å². The van der Waals surface area contributed by atoms with Crippen LogP contribution in [0.1, 0.15) is 30.5 Å². The van der Waals surface area contributed by atoms with Gasteiger partial charge in [0.25, 0.3) is 0 Å². The number of pyridine rings is 1. The number of nitrogens with one attached hydrogen (secondary N) is 1. The highest BCUT2D eigenvalue weighted by molar-refractivity contribution is 5.86. The molecule has 0 radical (unpaired) electrons. The van der Waals surface area contributed by atoms with E-state index < -0.39 is 0 Å². The number of hydrogen-bond acceptors (Lipinski definition) is 4. The maximum Gasteiger partial charge on any atom is 0.154 e. The molecule has 0 atom stereocenters. The molecule has 0 amide bonds. The van der Waals surface area contributed by atoms with Crippen LogP contribution in [-0.2, 0) is 5.54 Å². The molecular weight excluding hydrogens is 477 g/mol. The van der Waals surface area contributed by atoms with Gasteiger partial charge in [-0.1, -0.05) is 36.4 Å². The van der Waals surface area contributed by atoms with E-state index in [1.165, 1.54) is 12.0 Å². The van der Waals surface area contributed by atoms with E-state index in [1.54, 1.807) is 0 Å². The smallest absolute Gasteiger partial charge is 0.154 e. The zero-order valence-electron chi connectivity index (χ0n) is 18.1. The standard InChI is InChI=1S/C25H23N5.3ClH/c1-16-22(17-9-11-18(12-10-17)25(26)13-5-14-25)30-21-8-4-15-27-23(21)29-20-7-3-2-6-19(20)24(30)28-16;;;/h2-4,6-12,15H,5,13-14,26H2,1H3,(H,27,29);3*1H. The molecule has 1 aliphatic carbocycles. The first-order valence-corrected chi connectivity index (χ1v) is 10.4. The summed E-state index contributed by atoms with van der Waals surface area (Å²) in [4.78, 5) is 9.61. The second-order valence-corrected chi connectivity index (χ2v) is 8.33. The third-order valence-corrected chi connectivity index (χ3v) is 6.48. The van der Waals surface area contributed by atoms with Crippen LogP contribution >= 0.6 is 37.2 Å². The molecule has 2 aromatic carbocycles. The van der Waals surface area contributed by atoms with E-state index in [0.717, 1.165) is 58.4 Å². The summed E-state index contributed by atoms with van der Waals surface area (Å²) in [6.07, 6.45) is 5.16. The Balaban J connectivity index is 0.00000102. The summed E-state index contributed by atoms with van der Waals surface area (Å²) in [6, 6.07) is 21.0. The van der Waals surface area contributed by atoms with Gasteiger partial charge in [-0.15, -0.1) is 37.2 Å². The Labute approximate surface area is 212 Å². The molecule has 1 saturated carbocycles. The van der Waals surface area contributed by atoms with Crippen molar-refractivity contribution in [3.63, 3.8) is 0 Å². The minimum Gasteiger partial charge on any atom is -0.338 e. The number of aromatic nitrogens is 3. The molecule has 2 aliphatic rings. The number of fused-ring (bicyclic) bond motifs is 5. The molecule has 0 spiro atoms. The van der Waals surface area contributed by atoms with Crippen LogP contribution in [0.25, 0.3) is 28.3 Å². The van der Waals surface area contributed by atoms with Crippen molar-refractivity contribution < 1.29 is 0 Å². The van der Waals surface area contributed by atoms with Gasteiger partial charge in [-0.05, 0) is 56.0 Å². The largest absolute Gasteiger partial charge is 0.338 e. The van der Waals surface area contributed by atoms with Crippen molar-refractivity contribution in [2.45, 2.75) is 31.7 Å². The van der Waals surface area contributed by atoms with Crippen LogP contribution < -0.4 is 11.1 Å². The number of imidazole rings is 1. The predicted octanol–water partition coefficient (Wildman–Crippen LogP) is 6.57. The number of benzene rings is 2. The third kappa shape index (κ3) is 3.89. The molecule has 33 heavy (non-hydrogen) atoms. The summed E-state index contributed by atoms with van der Waals surface area (Å²) in [5.41, 5.74) is 13.9. The molecular formula is C25H26Cl3N5. The zero-order chi connectivity index (χ0) is 20.3. The van der Waals surface area contributed by atoms with Gasteiger partial charge in [-0.3, -0.25) is 4.57 Å². The van der Waals surface area contributed by atoms with Crippen molar-refractivity contribution in [3.8, 4) is 28.3 Å². The van der Waals surface area contributed by atoms with E-state index in [4.69, 9.17) is 10.7 Å². The summed E-state index contributed by atoms with van der Waals surface area (Å²) in [7, 11) is 0. The van der Waals surface area contributed by atoms with Gasteiger partial charge in [0.15, 0.2) is 5.82 Å². The van der Waals surface area contributed by atoms with Crippen LogP contribution in [0.15, 0.2) is 66.9 Å². The Morgan fingerprint density at radius 3 is 2.36 bits per heavy atom. The van der Waals surface area contributed by atoms with E-state index in [9.17, 15) is 0 Å². The van der Waals surface area contributed by atoms with Crippen molar-refractivity contribution in [2.24, 2.45) is 5.73 Å². The molecule has 3 N–H and O–H groups in total. The lowest BCUT2D eigenvalue weighted by molar-refractivity contribution is 0.253. The fourth-order valence-electron chi connectivity index (χ4n) is 4.68. The summed E-state index contributed by atoms with van der Waals surface area (Å²) >= 11 is 0. The number of nitrogens with zero attached hydrogens (tertiary/aromatic N) is 3. The molecule has 1 fully saturated rings. The Bertz CT molecular complexity index is 1280. The molecule has 0 bridgehead atoms. The molecule has 4 aromatic rings. The van der Waals surface area contributed by atoms with Gasteiger partial charge in [-0.25, -0.2) is 9.97 Å². The third-order valence-electron chi connectivity index (χ3n) is 6.48.